The summed E-state index contributed by atoms with van der Waals surface area (Å²) in [5.41, 5.74) is 1.47. The predicted octanol–water partition coefficient (Wildman–Crippen LogP) is 3.13. The highest BCUT2D eigenvalue weighted by Gasteiger charge is 2.08. The Morgan fingerprint density at radius 1 is 1.29 bits per heavy atom. The molecule has 128 valence electrons. The molecule has 24 heavy (non-hydrogen) atoms. The largest absolute Gasteiger partial charge is 0.494 e. The molecule has 0 spiro atoms. The fourth-order valence-electron chi connectivity index (χ4n) is 2.01. The minimum Gasteiger partial charge on any atom is -0.494 e. The highest BCUT2D eigenvalue weighted by Crippen LogP contribution is 2.17. The topological polar surface area (TPSA) is 88.5 Å². The molecule has 0 aliphatic carbocycles. The van der Waals surface area contributed by atoms with Crippen LogP contribution in [-0.4, -0.2) is 28.6 Å². The van der Waals surface area contributed by atoms with Crippen LogP contribution in [0.5, 0.6) is 5.75 Å². The van der Waals surface area contributed by atoms with E-state index in [1.165, 1.54) is 0 Å². The van der Waals surface area contributed by atoms with Crippen molar-refractivity contribution in [1.29, 1.82) is 0 Å². The number of hydrogen-bond donors (Lipinski definition) is 2. The number of nitrogens with zero attached hydrogens (tertiary/aromatic N) is 1. The van der Waals surface area contributed by atoms with Gasteiger partial charge in [-0.1, -0.05) is 6.92 Å². The van der Waals surface area contributed by atoms with Gasteiger partial charge in [0.2, 0.25) is 5.91 Å². The van der Waals surface area contributed by atoms with Gasteiger partial charge >= 0.3 is 5.97 Å². The summed E-state index contributed by atoms with van der Waals surface area (Å²) in [5, 5.41) is 14.3. The zero-order valence-corrected chi connectivity index (χ0v) is 14.3. The lowest BCUT2D eigenvalue weighted by molar-refractivity contribution is -0.137. The summed E-state index contributed by atoms with van der Waals surface area (Å²) in [5.74, 6) is -0.300. The molecule has 2 rings (SSSR count). The van der Waals surface area contributed by atoms with Gasteiger partial charge in [-0.25, -0.2) is 4.98 Å². The summed E-state index contributed by atoms with van der Waals surface area (Å²) in [6.45, 7) is 2.38. The number of amides is 1. The number of thiazole rings is 1. The second kappa shape index (κ2) is 9.02. The molecule has 0 bridgehead atoms. The van der Waals surface area contributed by atoms with E-state index in [2.05, 4.69) is 10.3 Å². The Bertz CT molecular complexity index is 682. The van der Waals surface area contributed by atoms with Crippen molar-refractivity contribution in [3.05, 3.63) is 40.3 Å². The van der Waals surface area contributed by atoms with Gasteiger partial charge in [-0.3, -0.25) is 9.59 Å². The average Bonchev–Trinajstić information content (AvgIpc) is 3.00. The van der Waals surface area contributed by atoms with E-state index in [0.29, 0.717) is 24.5 Å². The van der Waals surface area contributed by atoms with Crippen molar-refractivity contribution in [2.75, 3.05) is 11.9 Å². The van der Waals surface area contributed by atoms with Crippen LogP contribution in [0.15, 0.2) is 29.6 Å². The van der Waals surface area contributed by atoms with E-state index in [4.69, 9.17) is 9.84 Å². The monoisotopic (exact) mass is 348 g/mol. The molecule has 0 fully saturated rings. The highest BCUT2D eigenvalue weighted by atomic mass is 32.1. The van der Waals surface area contributed by atoms with Crippen LogP contribution in [0.1, 0.15) is 30.5 Å². The first-order valence-corrected chi connectivity index (χ1v) is 8.62. The fraction of sp³-hybridized carbons (Fsp3) is 0.353. The third-order valence-corrected chi connectivity index (χ3v) is 4.23. The molecular weight excluding hydrogens is 328 g/mol. The number of ether oxygens (including phenoxy) is 1. The van der Waals surface area contributed by atoms with Gasteiger partial charge in [-0.05, 0) is 37.1 Å². The Labute approximate surface area is 144 Å². The maximum Gasteiger partial charge on any atom is 0.303 e. The first-order valence-electron chi connectivity index (χ1n) is 7.74. The van der Waals surface area contributed by atoms with E-state index >= 15 is 0 Å². The first-order chi connectivity index (χ1) is 11.6. The fourth-order valence-corrected chi connectivity index (χ4v) is 2.75. The number of aromatic nitrogens is 1. The van der Waals surface area contributed by atoms with Gasteiger partial charge in [0.05, 0.1) is 23.7 Å². The minimum absolute atomic E-state index is 0.0878. The molecule has 0 atom stereocenters. The van der Waals surface area contributed by atoms with E-state index in [-0.39, 0.29) is 18.7 Å². The van der Waals surface area contributed by atoms with Gasteiger partial charge in [0, 0.05) is 17.5 Å². The van der Waals surface area contributed by atoms with Crippen molar-refractivity contribution in [3.8, 4) is 5.75 Å². The highest BCUT2D eigenvalue weighted by molar-refractivity contribution is 7.09. The number of rotatable bonds is 9. The molecular formula is C17H20N2O4S. The third-order valence-electron chi connectivity index (χ3n) is 3.19. The Balaban J connectivity index is 1.78. The minimum atomic E-state index is -0.831. The Hall–Kier alpha value is -2.41. The summed E-state index contributed by atoms with van der Waals surface area (Å²) in [7, 11) is 0. The van der Waals surface area contributed by atoms with Crippen LogP contribution in [0.4, 0.5) is 5.69 Å². The van der Waals surface area contributed by atoms with Crippen LogP contribution < -0.4 is 10.1 Å². The number of benzene rings is 1. The third kappa shape index (κ3) is 6.00. The van der Waals surface area contributed by atoms with Crippen LogP contribution in [0.25, 0.3) is 0 Å². The Morgan fingerprint density at radius 2 is 2.04 bits per heavy atom. The number of hydrogen-bond acceptors (Lipinski definition) is 5. The number of carboxylic acids is 1. The molecule has 2 N–H and O–H groups in total. The maximum atomic E-state index is 12.0. The number of anilines is 1. The summed E-state index contributed by atoms with van der Waals surface area (Å²) >= 11 is 1.57. The summed E-state index contributed by atoms with van der Waals surface area (Å²) in [6, 6.07) is 6.99. The smallest absolute Gasteiger partial charge is 0.303 e. The van der Waals surface area contributed by atoms with Crippen molar-refractivity contribution in [1.82, 2.24) is 4.98 Å². The number of carbonyl (C=O) groups excluding carboxylic acids is 1. The maximum absolute atomic E-state index is 12.0. The van der Waals surface area contributed by atoms with E-state index in [1.54, 1.807) is 35.6 Å². The van der Waals surface area contributed by atoms with Gasteiger partial charge in [0.15, 0.2) is 0 Å². The first kappa shape index (κ1) is 17.9. The quantitative estimate of drug-likeness (QED) is 0.680. The lowest BCUT2D eigenvalue weighted by Gasteiger charge is -2.07. The molecule has 2 aromatic rings. The molecule has 1 heterocycles. The molecule has 0 radical (unpaired) electrons. The lowest BCUT2D eigenvalue weighted by Crippen LogP contribution is -2.14. The molecule has 0 saturated carbocycles. The molecule has 0 aliphatic heterocycles. The normalized spacial score (nSPS) is 10.4. The van der Waals surface area contributed by atoms with E-state index in [1.807, 2.05) is 12.3 Å². The SMILES string of the molecule is CCc1nc(CC(=O)Nc2ccc(OCCCC(=O)O)cc2)cs1. The second-order valence-electron chi connectivity index (χ2n) is 5.18. The lowest BCUT2D eigenvalue weighted by atomic mass is 10.2. The number of aryl methyl sites for hydroxylation is 1. The van der Waals surface area contributed by atoms with Crippen LogP contribution in [0, 0.1) is 0 Å². The number of carboxylic acid groups (broad SMARTS) is 1. The van der Waals surface area contributed by atoms with E-state index in [9.17, 15) is 9.59 Å². The van der Waals surface area contributed by atoms with Crippen LogP contribution >= 0.6 is 11.3 Å². The Morgan fingerprint density at radius 3 is 2.67 bits per heavy atom. The van der Waals surface area contributed by atoms with Crippen molar-refractivity contribution in [3.63, 3.8) is 0 Å². The van der Waals surface area contributed by atoms with Crippen molar-refractivity contribution in [2.24, 2.45) is 0 Å². The van der Waals surface area contributed by atoms with Crippen molar-refractivity contribution >= 4 is 28.9 Å². The van der Waals surface area contributed by atoms with Gasteiger partial charge in [-0.15, -0.1) is 11.3 Å². The van der Waals surface area contributed by atoms with Crippen molar-refractivity contribution in [2.45, 2.75) is 32.6 Å². The van der Waals surface area contributed by atoms with Gasteiger partial charge in [-0.2, -0.15) is 0 Å². The van der Waals surface area contributed by atoms with Crippen LogP contribution in [-0.2, 0) is 22.4 Å². The molecule has 1 aromatic heterocycles. The zero-order chi connectivity index (χ0) is 17.4. The molecule has 6 nitrogen and oxygen atoms in total. The molecule has 1 amide bonds. The van der Waals surface area contributed by atoms with Gasteiger partial charge in [0.25, 0.3) is 0 Å². The predicted molar refractivity (Wildman–Crippen MR) is 92.6 cm³/mol. The molecule has 7 heteroatoms. The second-order valence-corrected chi connectivity index (χ2v) is 6.12. The summed E-state index contributed by atoms with van der Waals surface area (Å²) in [6.07, 6.45) is 1.68. The zero-order valence-electron chi connectivity index (χ0n) is 13.4. The van der Waals surface area contributed by atoms with Crippen molar-refractivity contribution < 1.29 is 19.4 Å². The molecule has 0 unspecified atom stereocenters. The van der Waals surface area contributed by atoms with Crippen LogP contribution in [0.3, 0.4) is 0 Å². The molecule has 1 aromatic carbocycles. The standard InChI is InChI=1S/C17H20N2O4S/c1-2-16-19-13(11-24-16)10-15(20)18-12-5-7-14(8-6-12)23-9-3-4-17(21)22/h5-8,11H,2-4,9-10H2,1H3,(H,18,20)(H,21,22). The van der Waals surface area contributed by atoms with Crippen LogP contribution in [0.2, 0.25) is 0 Å². The molecule has 0 saturated heterocycles. The number of nitrogens with one attached hydrogen (secondary N) is 1. The summed E-state index contributed by atoms with van der Waals surface area (Å²) in [4.78, 5) is 26.8. The van der Waals surface area contributed by atoms with Gasteiger partial charge < -0.3 is 15.2 Å². The molecule has 0 aliphatic rings. The average molecular weight is 348 g/mol. The Kier molecular flexibility index (Phi) is 6.74. The summed E-state index contributed by atoms with van der Waals surface area (Å²) < 4.78 is 5.44. The van der Waals surface area contributed by atoms with E-state index in [0.717, 1.165) is 17.1 Å². The number of aliphatic carboxylic acids is 1. The number of carbonyl (C=O) groups is 2. The van der Waals surface area contributed by atoms with Gasteiger partial charge in [0.1, 0.15) is 5.75 Å². The van der Waals surface area contributed by atoms with E-state index < -0.39 is 5.97 Å².